The van der Waals surface area contributed by atoms with Gasteiger partial charge >= 0.3 is 0 Å². The molecule has 1 aromatic heterocycles. The highest BCUT2D eigenvalue weighted by Crippen LogP contribution is 2.24. The lowest BCUT2D eigenvalue weighted by atomic mass is 9.92. The average Bonchev–Trinajstić information content (AvgIpc) is 2.42. The number of nitrogens with two attached hydrogens (primary N) is 1. The van der Waals surface area contributed by atoms with Crippen LogP contribution in [0, 0.1) is 6.92 Å². The fourth-order valence-corrected chi connectivity index (χ4v) is 2.90. The van der Waals surface area contributed by atoms with E-state index < -0.39 is 0 Å². The predicted molar refractivity (Wildman–Crippen MR) is 80.3 cm³/mol. The average molecular weight is 255 g/mol. The molecule has 19 heavy (non-hydrogen) atoms. The van der Waals surface area contributed by atoms with E-state index in [0.717, 1.165) is 37.0 Å². The number of fused-ring (bicyclic) bond motifs is 1. The summed E-state index contributed by atoms with van der Waals surface area (Å²) in [6, 6.07) is 11.4. The largest absolute Gasteiger partial charge is 0.367 e. The first-order valence-electron chi connectivity index (χ1n) is 7.11. The molecular formula is C16H21N3. The van der Waals surface area contributed by atoms with Gasteiger partial charge in [-0.3, -0.25) is 0 Å². The number of nitrogens with zero attached hydrogens (tertiary/aromatic N) is 1. The molecule has 0 atom stereocenters. The standard InChI is InChI=1S/C16H21N3/c1-11-10-16(18-13-8-6-12(17)7-9-13)19-15-5-3-2-4-14(11)15/h2-5,10,12-13H,6-9,17H2,1H3,(H,18,19). The van der Waals surface area contributed by atoms with Gasteiger partial charge in [-0.05, 0) is 50.3 Å². The van der Waals surface area contributed by atoms with Crippen molar-refractivity contribution >= 4 is 16.7 Å². The molecule has 3 N–H and O–H groups in total. The molecule has 3 rings (SSSR count). The van der Waals surface area contributed by atoms with E-state index in [-0.39, 0.29) is 0 Å². The lowest BCUT2D eigenvalue weighted by Crippen LogP contribution is -2.33. The highest BCUT2D eigenvalue weighted by Gasteiger charge is 2.18. The number of para-hydroxylation sites is 1. The normalized spacial score (nSPS) is 23.5. The van der Waals surface area contributed by atoms with Crippen LogP contribution in [0.5, 0.6) is 0 Å². The number of benzene rings is 1. The maximum absolute atomic E-state index is 5.95. The van der Waals surface area contributed by atoms with Gasteiger partial charge in [0.05, 0.1) is 5.52 Å². The van der Waals surface area contributed by atoms with Crippen molar-refractivity contribution in [1.82, 2.24) is 4.98 Å². The van der Waals surface area contributed by atoms with E-state index in [9.17, 15) is 0 Å². The van der Waals surface area contributed by atoms with Gasteiger partial charge in [0.25, 0.3) is 0 Å². The predicted octanol–water partition coefficient (Wildman–Crippen LogP) is 3.23. The van der Waals surface area contributed by atoms with Crippen LogP contribution in [-0.4, -0.2) is 17.1 Å². The Bertz CT molecular complexity index is 571. The monoisotopic (exact) mass is 255 g/mol. The molecule has 1 aromatic carbocycles. The summed E-state index contributed by atoms with van der Waals surface area (Å²) in [4.78, 5) is 4.71. The fourth-order valence-electron chi connectivity index (χ4n) is 2.90. The highest BCUT2D eigenvalue weighted by atomic mass is 15.0. The molecule has 0 bridgehead atoms. The van der Waals surface area contributed by atoms with E-state index in [2.05, 4.69) is 36.5 Å². The molecule has 0 unspecified atom stereocenters. The molecule has 0 saturated heterocycles. The fraction of sp³-hybridized carbons (Fsp3) is 0.438. The molecule has 100 valence electrons. The van der Waals surface area contributed by atoms with Gasteiger partial charge in [0.1, 0.15) is 5.82 Å². The Labute approximate surface area is 114 Å². The van der Waals surface area contributed by atoms with Gasteiger partial charge in [-0.15, -0.1) is 0 Å². The molecule has 1 fully saturated rings. The first-order chi connectivity index (χ1) is 9.22. The molecule has 3 nitrogen and oxygen atoms in total. The minimum Gasteiger partial charge on any atom is -0.367 e. The van der Waals surface area contributed by atoms with Crippen molar-refractivity contribution in [2.75, 3.05) is 5.32 Å². The molecule has 0 aliphatic heterocycles. The number of rotatable bonds is 2. The molecule has 0 spiro atoms. The quantitative estimate of drug-likeness (QED) is 0.866. The zero-order valence-electron chi connectivity index (χ0n) is 11.4. The van der Waals surface area contributed by atoms with Crippen molar-refractivity contribution in [3.8, 4) is 0 Å². The summed E-state index contributed by atoms with van der Waals surface area (Å²) in [5.41, 5.74) is 8.29. The van der Waals surface area contributed by atoms with Crippen LogP contribution in [-0.2, 0) is 0 Å². The maximum atomic E-state index is 5.95. The SMILES string of the molecule is Cc1cc(NC2CCC(N)CC2)nc2ccccc12. The van der Waals surface area contributed by atoms with E-state index in [1.54, 1.807) is 0 Å². The maximum Gasteiger partial charge on any atom is 0.127 e. The molecule has 1 aliphatic carbocycles. The number of anilines is 1. The van der Waals surface area contributed by atoms with Crippen LogP contribution in [0.4, 0.5) is 5.82 Å². The Balaban J connectivity index is 1.81. The minimum atomic E-state index is 0.393. The molecule has 0 radical (unpaired) electrons. The van der Waals surface area contributed by atoms with Gasteiger partial charge in [0.2, 0.25) is 0 Å². The Hall–Kier alpha value is -1.61. The lowest BCUT2D eigenvalue weighted by molar-refractivity contribution is 0.410. The zero-order valence-corrected chi connectivity index (χ0v) is 11.4. The van der Waals surface area contributed by atoms with E-state index in [0.29, 0.717) is 12.1 Å². The highest BCUT2D eigenvalue weighted by molar-refractivity contribution is 5.83. The van der Waals surface area contributed by atoms with Crippen molar-refractivity contribution in [2.45, 2.75) is 44.7 Å². The van der Waals surface area contributed by atoms with Crippen LogP contribution in [0.2, 0.25) is 0 Å². The summed E-state index contributed by atoms with van der Waals surface area (Å²) in [7, 11) is 0. The third-order valence-electron chi connectivity index (χ3n) is 4.05. The summed E-state index contributed by atoms with van der Waals surface area (Å²) in [6.07, 6.45) is 4.53. The number of hydrogen-bond donors (Lipinski definition) is 2. The van der Waals surface area contributed by atoms with Crippen LogP contribution in [0.15, 0.2) is 30.3 Å². The van der Waals surface area contributed by atoms with Crippen LogP contribution in [0.3, 0.4) is 0 Å². The van der Waals surface area contributed by atoms with Crippen molar-refractivity contribution in [1.29, 1.82) is 0 Å². The van der Waals surface area contributed by atoms with Gasteiger partial charge < -0.3 is 11.1 Å². The smallest absolute Gasteiger partial charge is 0.127 e. The van der Waals surface area contributed by atoms with Gasteiger partial charge in [-0.2, -0.15) is 0 Å². The van der Waals surface area contributed by atoms with E-state index in [4.69, 9.17) is 10.7 Å². The Morgan fingerprint density at radius 1 is 1.16 bits per heavy atom. The summed E-state index contributed by atoms with van der Waals surface area (Å²) in [5, 5.41) is 4.80. The summed E-state index contributed by atoms with van der Waals surface area (Å²) in [6.45, 7) is 2.14. The number of aryl methyl sites for hydroxylation is 1. The molecule has 2 aromatic rings. The number of hydrogen-bond acceptors (Lipinski definition) is 3. The zero-order chi connectivity index (χ0) is 13.2. The molecule has 0 amide bonds. The Kier molecular flexibility index (Phi) is 3.38. The minimum absolute atomic E-state index is 0.393. The van der Waals surface area contributed by atoms with Gasteiger partial charge in [0, 0.05) is 17.5 Å². The van der Waals surface area contributed by atoms with E-state index in [1.165, 1.54) is 10.9 Å². The third kappa shape index (κ3) is 2.71. The first-order valence-corrected chi connectivity index (χ1v) is 7.11. The Morgan fingerprint density at radius 3 is 2.68 bits per heavy atom. The van der Waals surface area contributed by atoms with Crippen LogP contribution >= 0.6 is 0 Å². The Morgan fingerprint density at radius 2 is 1.89 bits per heavy atom. The summed E-state index contributed by atoms with van der Waals surface area (Å²) < 4.78 is 0. The summed E-state index contributed by atoms with van der Waals surface area (Å²) in [5.74, 6) is 0.997. The van der Waals surface area contributed by atoms with Gasteiger partial charge in [-0.1, -0.05) is 18.2 Å². The topological polar surface area (TPSA) is 50.9 Å². The number of pyridine rings is 1. The van der Waals surface area contributed by atoms with Gasteiger partial charge in [-0.25, -0.2) is 4.98 Å². The van der Waals surface area contributed by atoms with Crippen molar-refractivity contribution in [3.05, 3.63) is 35.9 Å². The van der Waals surface area contributed by atoms with Gasteiger partial charge in [0.15, 0.2) is 0 Å². The molecule has 1 aliphatic rings. The second-order valence-electron chi connectivity index (χ2n) is 5.60. The molecule has 1 heterocycles. The van der Waals surface area contributed by atoms with Crippen molar-refractivity contribution < 1.29 is 0 Å². The second-order valence-corrected chi connectivity index (χ2v) is 5.60. The van der Waals surface area contributed by atoms with Crippen LogP contribution in [0.1, 0.15) is 31.2 Å². The molecule has 1 saturated carbocycles. The van der Waals surface area contributed by atoms with Crippen LogP contribution < -0.4 is 11.1 Å². The van der Waals surface area contributed by atoms with Crippen LogP contribution in [0.25, 0.3) is 10.9 Å². The first kappa shape index (κ1) is 12.4. The summed E-state index contributed by atoms with van der Waals surface area (Å²) >= 11 is 0. The number of aromatic nitrogens is 1. The third-order valence-corrected chi connectivity index (χ3v) is 4.05. The van der Waals surface area contributed by atoms with Crippen molar-refractivity contribution in [3.63, 3.8) is 0 Å². The van der Waals surface area contributed by atoms with E-state index >= 15 is 0 Å². The second kappa shape index (κ2) is 5.17. The lowest BCUT2D eigenvalue weighted by Gasteiger charge is -2.27. The number of nitrogens with one attached hydrogen (secondary N) is 1. The van der Waals surface area contributed by atoms with Crippen molar-refractivity contribution in [2.24, 2.45) is 5.73 Å². The molecular weight excluding hydrogens is 234 g/mol. The molecule has 3 heteroatoms. The van der Waals surface area contributed by atoms with E-state index in [1.807, 2.05) is 6.07 Å².